The number of halogens is 4. The number of ether oxygens (including phenoxy) is 1. The minimum atomic E-state index is -0.994. The summed E-state index contributed by atoms with van der Waals surface area (Å²) in [6.07, 6.45) is 5.68. The van der Waals surface area contributed by atoms with E-state index in [4.69, 9.17) is 14.8 Å². The van der Waals surface area contributed by atoms with Crippen molar-refractivity contribution in [2.75, 3.05) is 6.61 Å². The van der Waals surface area contributed by atoms with E-state index in [-0.39, 0.29) is 11.4 Å². The highest BCUT2D eigenvalue weighted by Gasteiger charge is 2.11. The fourth-order valence-electron chi connectivity index (χ4n) is 5.16. The van der Waals surface area contributed by atoms with Crippen molar-refractivity contribution in [2.24, 2.45) is 0 Å². The summed E-state index contributed by atoms with van der Waals surface area (Å²) in [4.78, 5) is 8.00. The van der Waals surface area contributed by atoms with E-state index in [1.165, 1.54) is 18.2 Å². The second-order valence-electron chi connectivity index (χ2n) is 10.7. The van der Waals surface area contributed by atoms with Crippen LogP contribution in [0.15, 0.2) is 103 Å². The number of unbranched alkanes of at least 4 members (excludes halogenated alkanes) is 4. The van der Waals surface area contributed by atoms with Gasteiger partial charge in [-0.05, 0) is 95.6 Å². The van der Waals surface area contributed by atoms with E-state index in [1.807, 2.05) is 43.2 Å². The minimum absolute atomic E-state index is 0.256. The molecule has 0 saturated heterocycles. The number of benzene rings is 5. The maximum atomic E-state index is 14.9. The summed E-state index contributed by atoms with van der Waals surface area (Å²) in [6.45, 7) is 2.60. The molecule has 0 bridgehead atoms. The van der Waals surface area contributed by atoms with Crippen LogP contribution in [0.3, 0.4) is 0 Å². The first-order chi connectivity index (χ1) is 22.4. The van der Waals surface area contributed by atoms with Crippen molar-refractivity contribution in [3.05, 3.63) is 138 Å². The molecule has 0 saturated carbocycles. The Labute approximate surface area is 266 Å². The van der Waals surface area contributed by atoms with Gasteiger partial charge in [-0.1, -0.05) is 73.9 Å². The van der Waals surface area contributed by atoms with Crippen molar-refractivity contribution >= 4 is 6.79 Å². The molecule has 0 aliphatic heterocycles. The van der Waals surface area contributed by atoms with Gasteiger partial charge in [-0.3, -0.25) is 0 Å². The summed E-state index contributed by atoms with van der Waals surface area (Å²) in [7, 11) is 0. The molecule has 0 heterocycles. The standard InChI is InChI=1S/C38H31F4NO.CH2O/c39-35-20-15-31(24-38(35)42)34-18-9-26(22-36(34)40)6-4-2-1-3-5-21-44-32-16-12-28(13-17-32)30-14-19-33(37(41)23-30)29-10-7-27(25-43)8-11-29;1-2/h7-20,22-24H,1-6,21H2;1H2. The Morgan fingerprint density at radius 3 is 1.78 bits per heavy atom. The van der Waals surface area contributed by atoms with Crippen LogP contribution < -0.4 is 4.74 Å². The quantitative estimate of drug-likeness (QED) is 0.103. The molecule has 7 heteroatoms. The maximum absolute atomic E-state index is 14.9. The van der Waals surface area contributed by atoms with Gasteiger partial charge < -0.3 is 9.53 Å². The largest absolute Gasteiger partial charge is 0.494 e. The number of nitriles is 1. The lowest BCUT2D eigenvalue weighted by molar-refractivity contribution is -0.0980. The first kappa shape index (κ1) is 33.7. The second kappa shape index (κ2) is 16.7. The summed E-state index contributed by atoms with van der Waals surface area (Å²) in [5.74, 6) is -1.95. The Hall–Kier alpha value is -5.22. The van der Waals surface area contributed by atoms with E-state index in [2.05, 4.69) is 6.07 Å². The Kier molecular flexibility index (Phi) is 12.3. The van der Waals surface area contributed by atoms with Gasteiger partial charge in [0.05, 0.1) is 18.2 Å². The summed E-state index contributed by atoms with van der Waals surface area (Å²) in [5, 5.41) is 8.96. The van der Waals surface area contributed by atoms with Gasteiger partial charge in [0.25, 0.3) is 0 Å². The Balaban J connectivity index is 0.00000235. The van der Waals surface area contributed by atoms with E-state index in [0.29, 0.717) is 23.3 Å². The summed E-state index contributed by atoms with van der Waals surface area (Å²) in [5.41, 5.74) is 4.86. The molecule has 0 fully saturated rings. The number of hydrogen-bond acceptors (Lipinski definition) is 3. The van der Waals surface area contributed by atoms with Crippen LogP contribution >= 0.6 is 0 Å². The zero-order valence-corrected chi connectivity index (χ0v) is 25.2. The van der Waals surface area contributed by atoms with Gasteiger partial charge in [0, 0.05) is 11.1 Å². The molecule has 0 unspecified atom stereocenters. The van der Waals surface area contributed by atoms with Crippen LogP contribution in [0.4, 0.5) is 17.6 Å². The normalized spacial score (nSPS) is 10.5. The van der Waals surface area contributed by atoms with E-state index >= 15 is 0 Å². The molecule has 46 heavy (non-hydrogen) atoms. The Morgan fingerprint density at radius 1 is 0.543 bits per heavy atom. The van der Waals surface area contributed by atoms with Gasteiger partial charge in [0.1, 0.15) is 24.2 Å². The van der Waals surface area contributed by atoms with Crippen molar-refractivity contribution in [2.45, 2.75) is 38.5 Å². The second-order valence-corrected chi connectivity index (χ2v) is 10.7. The van der Waals surface area contributed by atoms with E-state index < -0.39 is 17.5 Å². The monoisotopic (exact) mass is 623 g/mol. The summed E-state index contributed by atoms with van der Waals surface area (Å²) in [6, 6.07) is 30.0. The smallest absolute Gasteiger partial charge is 0.159 e. The number of carbonyl (C=O) groups is 1. The molecule has 0 atom stereocenters. The van der Waals surface area contributed by atoms with Crippen molar-refractivity contribution in [3.8, 4) is 45.2 Å². The number of aryl methyl sites for hydroxylation is 1. The van der Waals surface area contributed by atoms with Crippen LogP contribution in [0.1, 0.15) is 43.2 Å². The molecule has 3 nitrogen and oxygen atoms in total. The molecule has 0 N–H and O–H groups in total. The third kappa shape index (κ3) is 8.92. The maximum Gasteiger partial charge on any atom is 0.159 e. The lowest BCUT2D eigenvalue weighted by Gasteiger charge is -2.09. The molecule has 0 aliphatic carbocycles. The topological polar surface area (TPSA) is 50.1 Å². The predicted octanol–water partition coefficient (Wildman–Crippen LogP) is 10.5. The van der Waals surface area contributed by atoms with Gasteiger partial charge in [-0.25, -0.2) is 17.6 Å². The minimum Gasteiger partial charge on any atom is -0.494 e. The lowest BCUT2D eigenvalue weighted by Crippen LogP contribution is -1.97. The number of nitrogens with zero attached hydrogens (tertiary/aromatic N) is 1. The zero-order chi connectivity index (χ0) is 32.9. The predicted molar refractivity (Wildman–Crippen MR) is 173 cm³/mol. The average Bonchev–Trinajstić information content (AvgIpc) is 3.08. The number of carbonyl (C=O) groups excluding carboxylic acids is 1. The third-order valence-corrected chi connectivity index (χ3v) is 7.62. The van der Waals surface area contributed by atoms with Gasteiger partial charge in [-0.15, -0.1) is 0 Å². The molecule has 0 aliphatic rings. The van der Waals surface area contributed by atoms with Crippen LogP contribution in [0.2, 0.25) is 0 Å². The fourth-order valence-corrected chi connectivity index (χ4v) is 5.16. The van der Waals surface area contributed by atoms with E-state index in [1.54, 1.807) is 36.4 Å². The third-order valence-electron chi connectivity index (χ3n) is 7.62. The molecule has 0 radical (unpaired) electrons. The molecular formula is C39H33F4NO2. The van der Waals surface area contributed by atoms with Crippen molar-refractivity contribution in [1.29, 1.82) is 5.26 Å². The highest BCUT2D eigenvalue weighted by Crippen LogP contribution is 2.30. The van der Waals surface area contributed by atoms with E-state index in [0.717, 1.165) is 78.7 Å². The van der Waals surface area contributed by atoms with Crippen LogP contribution in [-0.2, 0) is 11.2 Å². The van der Waals surface area contributed by atoms with Crippen LogP contribution in [0, 0.1) is 34.6 Å². The molecule has 5 rings (SSSR count). The molecule has 0 amide bonds. The lowest BCUT2D eigenvalue weighted by atomic mass is 9.99. The molecule has 0 spiro atoms. The first-order valence-electron chi connectivity index (χ1n) is 15.0. The first-order valence-corrected chi connectivity index (χ1v) is 15.0. The number of rotatable bonds is 12. The van der Waals surface area contributed by atoms with Crippen molar-refractivity contribution in [1.82, 2.24) is 0 Å². The molecule has 5 aromatic carbocycles. The highest BCUT2D eigenvalue weighted by atomic mass is 19.2. The van der Waals surface area contributed by atoms with Gasteiger partial charge >= 0.3 is 0 Å². The van der Waals surface area contributed by atoms with Crippen LogP contribution in [0.5, 0.6) is 5.75 Å². The van der Waals surface area contributed by atoms with Crippen LogP contribution in [0.25, 0.3) is 33.4 Å². The van der Waals surface area contributed by atoms with Crippen molar-refractivity contribution < 1.29 is 27.1 Å². The highest BCUT2D eigenvalue weighted by molar-refractivity contribution is 5.71. The summed E-state index contributed by atoms with van der Waals surface area (Å²) < 4.78 is 62.0. The van der Waals surface area contributed by atoms with Gasteiger partial charge in [0.2, 0.25) is 0 Å². The van der Waals surface area contributed by atoms with E-state index in [9.17, 15) is 17.6 Å². The van der Waals surface area contributed by atoms with Crippen molar-refractivity contribution in [3.63, 3.8) is 0 Å². The fraction of sp³-hybridized carbons (Fsp3) is 0.179. The van der Waals surface area contributed by atoms with Gasteiger partial charge in [-0.2, -0.15) is 5.26 Å². The average molecular weight is 624 g/mol. The van der Waals surface area contributed by atoms with Crippen LogP contribution in [-0.4, -0.2) is 13.4 Å². The van der Waals surface area contributed by atoms with Gasteiger partial charge in [0.15, 0.2) is 11.6 Å². The SMILES string of the molecule is C=O.N#Cc1ccc(-c2ccc(-c3ccc(OCCCCCCCc4ccc(-c5ccc(F)c(F)c5)c(F)c4)cc3)cc2F)cc1. The Morgan fingerprint density at radius 2 is 1.11 bits per heavy atom. The Bertz CT molecular complexity index is 1780. The summed E-state index contributed by atoms with van der Waals surface area (Å²) >= 11 is 0. The molecule has 234 valence electrons. The number of hydrogen-bond donors (Lipinski definition) is 0. The molecular weight excluding hydrogens is 590 g/mol. The molecule has 5 aromatic rings. The zero-order valence-electron chi connectivity index (χ0n) is 25.2. The molecule has 0 aromatic heterocycles.